The van der Waals surface area contributed by atoms with Gasteiger partial charge in [-0.3, -0.25) is 4.79 Å². The molecule has 1 atom stereocenters. The summed E-state index contributed by atoms with van der Waals surface area (Å²) < 4.78 is 70.3. The van der Waals surface area contributed by atoms with Crippen molar-refractivity contribution in [3.05, 3.63) is 35.4 Å². The van der Waals surface area contributed by atoms with E-state index < -0.39 is 32.6 Å². The number of benzene rings is 1. The average molecular weight is 420 g/mol. The lowest BCUT2D eigenvalue weighted by Gasteiger charge is -2.22. The Kier molecular flexibility index (Phi) is 6.18. The summed E-state index contributed by atoms with van der Waals surface area (Å²) in [7, 11) is -4.68. The van der Waals surface area contributed by atoms with E-state index in [1.165, 1.54) is 24.8 Å². The molecule has 28 heavy (non-hydrogen) atoms. The predicted octanol–water partition coefficient (Wildman–Crippen LogP) is 4.88. The van der Waals surface area contributed by atoms with Gasteiger partial charge in [-0.2, -0.15) is 21.6 Å². The lowest BCUT2D eigenvalue weighted by atomic mass is 9.83. The minimum absolute atomic E-state index is 0.00792. The standard InChI is InChI=1S/C19H23F3O5S/c1-12(2)13-8-9-18(3,10-13)11-14(23)17-15(26-4)6-5-7-16(17)27-28(24,25)19(20,21)22/h5-7,10,12H,8-9,11H2,1-4H3/t18-/m1/s1. The van der Waals surface area contributed by atoms with Gasteiger partial charge in [-0.25, -0.2) is 0 Å². The molecule has 0 unspecified atom stereocenters. The van der Waals surface area contributed by atoms with Crippen LogP contribution >= 0.6 is 0 Å². The molecule has 0 aromatic heterocycles. The number of allylic oxidation sites excluding steroid dienone is 2. The van der Waals surface area contributed by atoms with Gasteiger partial charge in [-0.15, -0.1) is 0 Å². The molecule has 1 aromatic rings. The monoisotopic (exact) mass is 420 g/mol. The molecule has 5 nitrogen and oxygen atoms in total. The van der Waals surface area contributed by atoms with Gasteiger partial charge >= 0.3 is 15.6 Å². The molecule has 0 fully saturated rings. The fraction of sp³-hybridized carbons (Fsp3) is 0.526. The smallest absolute Gasteiger partial charge is 0.496 e. The van der Waals surface area contributed by atoms with Crippen molar-refractivity contribution in [1.82, 2.24) is 0 Å². The number of carbonyl (C=O) groups excluding carboxylic acids is 1. The number of rotatable bonds is 7. The molecule has 0 radical (unpaired) electrons. The molecule has 0 amide bonds. The Bertz CT molecular complexity index is 887. The number of hydrogen-bond acceptors (Lipinski definition) is 5. The molecule has 0 N–H and O–H groups in total. The molecule has 1 aliphatic carbocycles. The number of carbonyl (C=O) groups is 1. The molecule has 0 saturated heterocycles. The Morgan fingerprint density at radius 3 is 2.36 bits per heavy atom. The summed E-state index contributed by atoms with van der Waals surface area (Å²) in [5.41, 5.74) is -5.18. The van der Waals surface area contributed by atoms with Crippen LogP contribution in [0.5, 0.6) is 11.5 Å². The lowest BCUT2D eigenvalue weighted by molar-refractivity contribution is -0.0500. The van der Waals surface area contributed by atoms with Crippen LogP contribution in [0.15, 0.2) is 29.8 Å². The van der Waals surface area contributed by atoms with Gasteiger partial charge in [-0.05, 0) is 36.3 Å². The molecular formula is C19H23F3O5S. The Hall–Kier alpha value is -2.03. The fourth-order valence-electron chi connectivity index (χ4n) is 3.26. The summed E-state index contributed by atoms with van der Waals surface area (Å²) in [4.78, 5) is 13.0. The van der Waals surface area contributed by atoms with Crippen LogP contribution in [0.25, 0.3) is 0 Å². The zero-order chi connectivity index (χ0) is 21.3. The van der Waals surface area contributed by atoms with Crippen LogP contribution in [-0.2, 0) is 10.1 Å². The maximum atomic E-state index is 13.0. The van der Waals surface area contributed by atoms with Crippen LogP contribution in [-0.4, -0.2) is 26.8 Å². The number of alkyl halides is 3. The Labute approximate surface area is 162 Å². The van der Waals surface area contributed by atoms with Crippen LogP contribution < -0.4 is 8.92 Å². The molecule has 2 rings (SSSR count). The van der Waals surface area contributed by atoms with Gasteiger partial charge in [-0.1, -0.05) is 38.5 Å². The second kappa shape index (κ2) is 7.77. The van der Waals surface area contributed by atoms with Crippen LogP contribution in [0.1, 0.15) is 50.4 Å². The minimum atomic E-state index is -5.91. The highest BCUT2D eigenvalue weighted by molar-refractivity contribution is 7.88. The van der Waals surface area contributed by atoms with Crippen LogP contribution in [0, 0.1) is 11.3 Å². The molecule has 9 heteroatoms. The van der Waals surface area contributed by atoms with Crippen molar-refractivity contribution in [2.75, 3.05) is 7.11 Å². The molecule has 0 spiro atoms. The third kappa shape index (κ3) is 4.68. The fourth-order valence-corrected chi connectivity index (χ4v) is 3.73. The Morgan fingerprint density at radius 1 is 1.25 bits per heavy atom. The number of halogens is 3. The van der Waals surface area contributed by atoms with Crippen molar-refractivity contribution in [2.45, 2.75) is 45.5 Å². The van der Waals surface area contributed by atoms with E-state index in [4.69, 9.17) is 4.74 Å². The van der Waals surface area contributed by atoms with Gasteiger partial charge in [0, 0.05) is 6.42 Å². The van der Waals surface area contributed by atoms with Crippen LogP contribution in [0.3, 0.4) is 0 Å². The SMILES string of the molecule is COc1cccc(OS(=O)(=O)C(F)(F)F)c1C(=O)C[C@@]1(C)C=C(C(C)C)CC1. The molecule has 0 bridgehead atoms. The molecule has 156 valence electrons. The summed E-state index contributed by atoms with van der Waals surface area (Å²) in [6.07, 6.45) is 3.57. The van der Waals surface area contributed by atoms with E-state index in [0.717, 1.165) is 18.9 Å². The van der Waals surface area contributed by atoms with E-state index >= 15 is 0 Å². The third-order valence-electron chi connectivity index (χ3n) is 4.79. The van der Waals surface area contributed by atoms with Gasteiger partial charge in [0.15, 0.2) is 11.5 Å². The van der Waals surface area contributed by atoms with Gasteiger partial charge in [0.1, 0.15) is 11.3 Å². The van der Waals surface area contributed by atoms with E-state index in [2.05, 4.69) is 4.18 Å². The van der Waals surface area contributed by atoms with E-state index in [-0.39, 0.29) is 17.7 Å². The largest absolute Gasteiger partial charge is 0.534 e. The molecule has 1 aromatic carbocycles. The zero-order valence-electron chi connectivity index (χ0n) is 16.1. The first-order valence-corrected chi connectivity index (χ1v) is 10.1. The van der Waals surface area contributed by atoms with E-state index in [0.29, 0.717) is 5.92 Å². The quantitative estimate of drug-likeness (QED) is 0.272. The van der Waals surface area contributed by atoms with Crippen molar-refractivity contribution in [2.24, 2.45) is 11.3 Å². The van der Waals surface area contributed by atoms with Crippen molar-refractivity contribution < 1.29 is 35.3 Å². The first-order valence-electron chi connectivity index (χ1n) is 8.72. The maximum absolute atomic E-state index is 13.0. The Morgan fingerprint density at radius 2 is 1.86 bits per heavy atom. The zero-order valence-corrected chi connectivity index (χ0v) is 16.9. The van der Waals surface area contributed by atoms with E-state index in [9.17, 15) is 26.4 Å². The number of Topliss-reactive ketones (excluding diaryl/α,β-unsaturated/α-hetero) is 1. The minimum Gasteiger partial charge on any atom is -0.496 e. The molecular weight excluding hydrogens is 397 g/mol. The summed E-state index contributed by atoms with van der Waals surface area (Å²) >= 11 is 0. The number of ketones is 1. The van der Waals surface area contributed by atoms with Gasteiger partial charge in [0.2, 0.25) is 0 Å². The summed E-state index contributed by atoms with van der Waals surface area (Å²) in [5, 5.41) is 0. The highest BCUT2D eigenvalue weighted by atomic mass is 32.2. The first-order chi connectivity index (χ1) is 12.8. The number of hydrogen-bond donors (Lipinski definition) is 0. The summed E-state index contributed by atoms with van der Waals surface area (Å²) in [5.74, 6) is -0.960. The van der Waals surface area contributed by atoms with Crippen molar-refractivity contribution in [3.63, 3.8) is 0 Å². The summed E-state index contributed by atoms with van der Waals surface area (Å²) in [6.45, 7) is 5.99. The number of methoxy groups -OCH3 is 1. The van der Waals surface area contributed by atoms with E-state index in [1.54, 1.807) is 0 Å². The normalized spacial score (nSPS) is 20.2. The van der Waals surface area contributed by atoms with Gasteiger partial charge in [0.25, 0.3) is 0 Å². The van der Waals surface area contributed by atoms with Gasteiger partial charge < -0.3 is 8.92 Å². The van der Waals surface area contributed by atoms with Crippen LogP contribution in [0.2, 0.25) is 0 Å². The topological polar surface area (TPSA) is 69.7 Å². The van der Waals surface area contributed by atoms with Crippen molar-refractivity contribution >= 4 is 15.9 Å². The van der Waals surface area contributed by atoms with Crippen molar-refractivity contribution in [3.8, 4) is 11.5 Å². The molecule has 0 aliphatic heterocycles. The molecule has 0 heterocycles. The average Bonchev–Trinajstić information content (AvgIpc) is 2.95. The predicted molar refractivity (Wildman–Crippen MR) is 97.8 cm³/mol. The number of ether oxygens (including phenoxy) is 1. The first kappa shape index (κ1) is 22.3. The second-order valence-electron chi connectivity index (χ2n) is 7.44. The lowest BCUT2D eigenvalue weighted by Crippen LogP contribution is -2.29. The van der Waals surface area contributed by atoms with Crippen LogP contribution in [0.4, 0.5) is 13.2 Å². The molecule has 0 saturated carbocycles. The summed E-state index contributed by atoms with van der Waals surface area (Å²) in [6, 6.07) is 3.63. The Balaban J connectivity index is 2.41. The van der Waals surface area contributed by atoms with E-state index in [1.807, 2.05) is 26.8 Å². The maximum Gasteiger partial charge on any atom is 0.534 e. The van der Waals surface area contributed by atoms with Gasteiger partial charge in [0.05, 0.1) is 7.11 Å². The molecule has 1 aliphatic rings. The second-order valence-corrected chi connectivity index (χ2v) is 8.98. The highest BCUT2D eigenvalue weighted by Gasteiger charge is 2.49. The van der Waals surface area contributed by atoms with Crippen molar-refractivity contribution in [1.29, 1.82) is 0 Å². The third-order valence-corrected chi connectivity index (χ3v) is 5.76. The highest BCUT2D eigenvalue weighted by Crippen LogP contribution is 2.43.